The second-order valence-corrected chi connectivity index (χ2v) is 6.75. The summed E-state index contributed by atoms with van der Waals surface area (Å²) < 4.78 is 31.5. The van der Waals surface area contributed by atoms with E-state index in [-0.39, 0.29) is 35.7 Å². The summed E-state index contributed by atoms with van der Waals surface area (Å²) >= 11 is 0. The van der Waals surface area contributed by atoms with Gasteiger partial charge in [0.05, 0.1) is 4.92 Å². The van der Waals surface area contributed by atoms with Crippen molar-refractivity contribution in [3.63, 3.8) is 0 Å². The molecule has 8 heteroatoms. The molecule has 1 aromatic carbocycles. The van der Waals surface area contributed by atoms with Crippen LogP contribution in [0.5, 0.6) is 5.75 Å². The summed E-state index contributed by atoms with van der Waals surface area (Å²) in [6.45, 7) is 0. The maximum atomic E-state index is 13.2. The van der Waals surface area contributed by atoms with Gasteiger partial charge in [-0.3, -0.25) is 10.1 Å². The number of nitro groups is 1. The first-order valence-electron chi connectivity index (χ1n) is 7.88. The van der Waals surface area contributed by atoms with E-state index in [4.69, 9.17) is 4.74 Å². The van der Waals surface area contributed by atoms with Gasteiger partial charge in [-0.25, -0.2) is 13.6 Å². The summed E-state index contributed by atoms with van der Waals surface area (Å²) in [6.07, 6.45) is 1.59. The molecule has 2 aliphatic rings. The Hall–Kier alpha value is -2.25. The van der Waals surface area contributed by atoms with Crippen molar-refractivity contribution in [1.82, 2.24) is 5.32 Å². The number of carbonyl (C=O) groups is 1. The lowest BCUT2D eigenvalue weighted by Gasteiger charge is -2.51. The highest BCUT2D eigenvalue weighted by atomic mass is 19.3. The number of nitrogens with one attached hydrogen (secondary N) is 1. The zero-order valence-corrected chi connectivity index (χ0v) is 13.0. The summed E-state index contributed by atoms with van der Waals surface area (Å²) in [6, 6.07) is 5.14. The van der Waals surface area contributed by atoms with Crippen molar-refractivity contribution >= 4 is 11.8 Å². The topological polar surface area (TPSA) is 81.5 Å². The molecule has 1 amide bonds. The minimum atomic E-state index is -2.54. The van der Waals surface area contributed by atoms with E-state index in [0.29, 0.717) is 25.7 Å². The van der Waals surface area contributed by atoms with Crippen LogP contribution >= 0.6 is 0 Å². The number of non-ortho nitro benzene ring substituents is 1. The van der Waals surface area contributed by atoms with Crippen LogP contribution in [-0.2, 0) is 0 Å². The molecule has 0 atom stereocenters. The Balaban J connectivity index is 1.45. The van der Waals surface area contributed by atoms with Crippen molar-refractivity contribution in [2.75, 3.05) is 0 Å². The lowest BCUT2D eigenvalue weighted by atomic mass is 9.58. The van der Waals surface area contributed by atoms with Crippen LogP contribution in [0.25, 0.3) is 0 Å². The van der Waals surface area contributed by atoms with E-state index in [2.05, 4.69) is 5.32 Å². The highest BCUT2D eigenvalue weighted by Gasteiger charge is 2.50. The summed E-state index contributed by atoms with van der Waals surface area (Å²) in [7, 11) is 0. The van der Waals surface area contributed by atoms with Gasteiger partial charge in [-0.1, -0.05) is 0 Å². The van der Waals surface area contributed by atoms with E-state index in [9.17, 15) is 23.7 Å². The molecule has 2 saturated carbocycles. The molecule has 1 spiro atoms. The largest absolute Gasteiger partial charge is 0.412 e. The normalized spacial score (nSPS) is 21.8. The first-order valence-corrected chi connectivity index (χ1v) is 7.88. The standard InChI is InChI=1S/C16H18F2N2O4/c17-16(18)7-5-15(6-8-16)9-11(10-15)19-14(21)24-13-3-1-12(2-4-13)20(22)23/h1-4,11H,5-10H2,(H,19,21). The predicted molar refractivity (Wildman–Crippen MR) is 81.1 cm³/mol. The molecule has 0 unspecified atom stereocenters. The van der Waals surface area contributed by atoms with Gasteiger partial charge < -0.3 is 10.1 Å². The number of carbonyl (C=O) groups excluding carboxylic acids is 1. The van der Waals surface area contributed by atoms with E-state index >= 15 is 0 Å². The number of nitro benzene ring substituents is 1. The SMILES string of the molecule is O=C(NC1CC2(CCC(F)(F)CC2)C1)Oc1ccc([N+](=O)[O-])cc1. The quantitative estimate of drug-likeness (QED) is 0.665. The molecule has 6 nitrogen and oxygen atoms in total. The molecule has 0 aliphatic heterocycles. The van der Waals surface area contributed by atoms with Gasteiger partial charge in [-0.2, -0.15) is 0 Å². The van der Waals surface area contributed by atoms with E-state index in [1.807, 2.05) is 0 Å². The molecular weight excluding hydrogens is 322 g/mol. The molecule has 2 fully saturated rings. The van der Waals surface area contributed by atoms with Crippen LogP contribution in [0.4, 0.5) is 19.3 Å². The average Bonchev–Trinajstić information content (AvgIpc) is 2.48. The van der Waals surface area contributed by atoms with Gasteiger partial charge in [0, 0.05) is 31.0 Å². The van der Waals surface area contributed by atoms with Gasteiger partial charge in [0.15, 0.2) is 0 Å². The summed E-state index contributed by atoms with van der Waals surface area (Å²) in [5, 5.41) is 13.3. The number of rotatable bonds is 3. The fourth-order valence-corrected chi connectivity index (χ4v) is 3.58. The van der Waals surface area contributed by atoms with Crippen molar-refractivity contribution in [3.05, 3.63) is 34.4 Å². The van der Waals surface area contributed by atoms with Gasteiger partial charge in [-0.15, -0.1) is 0 Å². The fraction of sp³-hybridized carbons (Fsp3) is 0.562. The minimum Gasteiger partial charge on any atom is -0.410 e. The Kier molecular flexibility index (Phi) is 4.15. The molecule has 0 aromatic heterocycles. The van der Waals surface area contributed by atoms with Crippen LogP contribution in [-0.4, -0.2) is 23.0 Å². The Morgan fingerprint density at radius 3 is 2.29 bits per heavy atom. The maximum absolute atomic E-state index is 13.2. The van der Waals surface area contributed by atoms with Gasteiger partial charge in [0.1, 0.15) is 5.75 Å². The van der Waals surface area contributed by atoms with E-state index in [1.54, 1.807) is 0 Å². The molecule has 1 N–H and O–H groups in total. The molecule has 0 saturated heterocycles. The van der Waals surface area contributed by atoms with Crippen LogP contribution in [0.15, 0.2) is 24.3 Å². The highest BCUT2D eigenvalue weighted by Crippen LogP contribution is 2.54. The lowest BCUT2D eigenvalue weighted by molar-refractivity contribution is -0.384. The highest BCUT2D eigenvalue weighted by molar-refractivity contribution is 5.71. The molecule has 1 aromatic rings. The number of amides is 1. The smallest absolute Gasteiger partial charge is 0.410 e. The molecule has 24 heavy (non-hydrogen) atoms. The zero-order chi connectivity index (χ0) is 17.4. The van der Waals surface area contributed by atoms with Gasteiger partial charge in [0.25, 0.3) is 5.69 Å². The van der Waals surface area contributed by atoms with Crippen molar-refractivity contribution in [2.45, 2.75) is 50.5 Å². The molecule has 0 bridgehead atoms. The Morgan fingerprint density at radius 2 is 1.75 bits per heavy atom. The van der Waals surface area contributed by atoms with Crippen molar-refractivity contribution < 1.29 is 23.2 Å². The van der Waals surface area contributed by atoms with Crippen molar-refractivity contribution in [2.24, 2.45) is 5.41 Å². The van der Waals surface area contributed by atoms with Crippen LogP contribution < -0.4 is 10.1 Å². The molecular formula is C16H18F2N2O4. The predicted octanol–water partition coefficient (Wildman–Crippen LogP) is 4.04. The van der Waals surface area contributed by atoms with Crippen LogP contribution in [0, 0.1) is 15.5 Å². The second kappa shape index (κ2) is 5.99. The summed E-state index contributed by atoms with van der Waals surface area (Å²) in [5.41, 5.74) is -0.148. The van der Waals surface area contributed by atoms with Crippen LogP contribution in [0.1, 0.15) is 38.5 Å². The molecule has 3 rings (SSSR count). The van der Waals surface area contributed by atoms with E-state index < -0.39 is 16.9 Å². The van der Waals surface area contributed by atoms with E-state index in [1.165, 1.54) is 24.3 Å². The fourth-order valence-electron chi connectivity index (χ4n) is 3.58. The number of hydrogen-bond donors (Lipinski definition) is 1. The number of halogens is 2. The summed E-state index contributed by atoms with van der Waals surface area (Å²) in [5.74, 6) is -2.33. The Bertz CT molecular complexity index is 630. The van der Waals surface area contributed by atoms with E-state index in [0.717, 1.165) is 0 Å². The van der Waals surface area contributed by atoms with Gasteiger partial charge in [-0.05, 0) is 43.2 Å². The van der Waals surface area contributed by atoms with Crippen LogP contribution in [0.2, 0.25) is 0 Å². The number of benzene rings is 1. The third-order valence-electron chi connectivity index (χ3n) is 4.98. The number of hydrogen-bond acceptors (Lipinski definition) is 4. The third-order valence-corrected chi connectivity index (χ3v) is 4.98. The third kappa shape index (κ3) is 3.63. The molecule has 0 radical (unpaired) electrons. The first-order chi connectivity index (χ1) is 11.3. The number of nitrogens with zero attached hydrogens (tertiary/aromatic N) is 1. The molecule has 0 heterocycles. The molecule has 130 valence electrons. The number of alkyl halides is 2. The first kappa shape index (κ1) is 16.6. The Labute approximate surface area is 137 Å². The average molecular weight is 340 g/mol. The number of ether oxygens (including phenoxy) is 1. The van der Waals surface area contributed by atoms with Gasteiger partial charge >= 0.3 is 6.09 Å². The maximum Gasteiger partial charge on any atom is 0.412 e. The molecule has 2 aliphatic carbocycles. The minimum absolute atomic E-state index is 0.0625. The van der Waals surface area contributed by atoms with Crippen LogP contribution in [0.3, 0.4) is 0 Å². The zero-order valence-electron chi connectivity index (χ0n) is 13.0. The van der Waals surface area contributed by atoms with Gasteiger partial charge in [0.2, 0.25) is 5.92 Å². The summed E-state index contributed by atoms with van der Waals surface area (Å²) in [4.78, 5) is 21.8. The monoisotopic (exact) mass is 340 g/mol. The Morgan fingerprint density at radius 1 is 1.17 bits per heavy atom. The van der Waals surface area contributed by atoms with Crippen molar-refractivity contribution in [3.8, 4) is 5.75 Å². The second-order valence-electron chi connectivity index (χ2n) is 6.75. The van der Waals surface area contributed by atoms with Crippen molar-refractivity contribution in [1.29, 1.82) is 0 Å². The lowest BCUT2D eigenvalue weighted by Crippen LogP contribution is -2.53.